The fraction of sp³-hybridized carbons (Fsp3) is 0.381. The van der Waals surface area contributed by atoms with Crippen LogP contribution in [0.25, 0.3) is 6.08 Å². The summed E-state index contributed by atoms with van der Waals surface area (Å²) in [7, 11) is -0.697. The first kappa shape index (κ1) is 23.1. The summed E-state index contributed by atoms with van der Waals surface area (Å²) < 4.78 is 17.5. The molecule has 0 saturated carbocycles. The first-order valence-electron chi connectivity index (χ1n) is 9.86. The molecule has 1 aliphatic rings. The zero-order valence-electron chi connectivity index (χ0n) is 18.0. The van der Waals surface area contributed by atoms with Crippen molar-refractivity contribution < 1.29 is 18.8 Å². The molecule has 0 bridgehead atoms. The number of carbonyl (C=O) groups is 1. The van der Waals surface area contributed by atoms with Gasteiger partial charge < -0.3 is 25.1 Å². The number of anilines is 1. The van der Waals surface area contributed by atoms with E-state index >= 15 is 0 Å². The highest BCUT2D eigenvalue weighted by atomic mass is 35.5. The number of aromatic nitrogens is 2. The zero-order valence-corrected chi connectivity index (χ0v) is 18.8. The highest BCUT2D eigenvalue weighted by molar-refractivity contribution is 6.56. The maximum atomic E-state index is 12.2. The molecule has 3 rings (SSSR count). The first-order valence-corrected chi connectivity index (χ1v) is 10.2. The van der Waals surface area contributed by atoms with Gasteiger partial charge in [0.1, 0.15) is 6.61 Å². The molecule has 1 aromatic heterocycles. The van der Waals surface area contributed by atoms with Crippen LogP contribution < -0.4 is 11.1 Å². The van der Waals surface area contributed by atoms with Gasteiger partial charge in [0.05, 0.1) is 23.1 Å². The zero-order chi connectivity index (χ0) is 22.6. The molecule has 31 heavy (non-hydrogen) atoms. The molecule has 0 spiro atoms. The molecule has 0 atom stereocenters. The molecule has 10 heteroatoms. The van der Waals surface area contributed by atoms with Crippen molar-refractivity contribution in [2.24, 2.45) is 0 Å². The van der Waals surface area contributed by atoms with E-state index in [4.69, 9.17) is 31.4 Å². The minimum absolute atomic E-state index is 0.0947. The number of nitrogens with two attached hydrogens (primary N) is 1. The van der Waals surface area contributed by atoms with Gasteiger partial charge in [0.15, 0.2) is 11.0 Å². The van der Waals surface area contributed by atoms with E-state index in [0.717, 1.165) is 5.56 Å². The fourth-order valence-corrected chi connectivity index (χ4v) is 2.94. The Morgan fingerprint density at radius 2 is 1.87 bits per heavy atom. The van der Waals surface area contributed by atoms with Crippen molar-refractivity contribution in [3.63, 3.8) is 0 Å². The first-order chi connectivity index (χ1) is 14.6. The minimum Gasteiger partial charge on any atom is -0.445 e. The van der Waals surface area contributed by atoms with E-state index in [0.29, 0.717) is 11.2 Å². The number of alkyl carbamates (subject to hydrolysis) is 1. The lowest BCUT2D eigenvalue weighted by Gasteiger charge is -2.32. The van der Waals surface area contributed by atoms with Gasteiger partial charge in [-0.1, -0.05) is 41.9 Å². The number of hydrogen-bond donors (Lipinski definition) is 2. The van der Waals surface area contributed by atoms with Crippen LogP contribution in [0.4, 0.5) is 10.6 Å². The molecule has 3 N–H and O–H groups in total. The van der Waals surface area contributed by atoms with E-state index in [2.05, 4.69) is 15.3 Å². The van der Waals surface area contributed by atoms with Crippen LogP contribution in [0.2, 0.25) is 5.15 Å². The molecule has 8 nitrogen and oxygen atoms in total. The number of amides is 1. The molecule has 2 aromatic rings. The van der Waals surface area contributed by atoms with Gasteiger partial charge in [-0.05, 0) is 44.8 Å². The van der Waals surface area contributed by atoms with Crippen molar-refractivity contribution in [2.45, 2.75) is 45.5 Å². The number of halogens is 1. The van der Waals surface area contributed by atoms with Crippen LogP contribution in [0.1, 0.15) is 39.0 Å². The van der Waals surface area contributed by atoms with Gasteiger partial charge in [-0.3, -0.25) is 0 Å². The smallest absolute Gasteiger partial charge is 0.445 e. The number of carbonyl (C=O) groups excluding carboxylic acids is 1. The largest absolute Gasteiger partial charge is 0.492 e. The average molecular weight is 445 g/mol. The Morgan fingerprint density at radius 1 is 1.23 bits per heavy atom. The average Bonchev–Trinajstić information content (AvgIpc) is 2.94. The highest BCUT2D eigenvalue weighted by Crippen LogP contribution is 2.38. The summed E-state index contributed by atoms with van der Waals surface area (Å²) in [5, 5.41) is 2.83. The summed E-state index contributed by atoms with van der Waals surface area (Å²) in [5.41, 5.74) is 6.54. The molecular formula is C21H26BClN4O4. The second-order valence-corrected chi connectivity index (χ2v) is 8.55. The number of rotatable bonds is 6. The second kappa shape index (κ2) is 9.26. The Hall–Kier alpha value is -2.62. The van der Waals surface area contributed by atoms with E-state index in [1.54, 1.807) is 6.08 Å². The van der Waals surface area contributed by atoms with Gasteiger partial charge in [0.2, 0.25) is 0 Å². The van der Waals surface area contributed by atoms with Gasteiger partial charge >= 0.3 is 13.2 Å². The van der Waals surface area contributed by atoms with Crippen molar-refractivity contribution in [1.82, 2.24) is 15.3 Å². The van der Waals surface area contributed by atoms with Crippen molar-refractivity contribution in [3.8, 4) is 0 Å². The third-order valence-electron chi connectivity index (χ3n) is 5.31. The van der Waals surface area contributed by atoms with E-state index in [1.807, 2.05) is 58.0 Å². The topological polar surface area (TPSA) is 109 Å². The standard InChI is InChI=1S/C21H26BClN4O4/c1-20(2)21(3,4)31-22(30-20)15(10-16-12-25-18(24)17(23)27-16)11-26-19(28)29-13-14-8-6-5-7-9-14/h5-10,12H,11,13H2,1-4H3,(H2,24,25)(H,26,28). The Labute approximate surface area is 187 Å². The summed E-state index contributed by atoms with van der Waals surface area (Å²) in [4.78, 5) is 20.5. The molecular weight excluding hydrogens is 419 g/mol. The maximum Gasteiger partial charge on any atom is 0.492 e. The number of nitrogens with one attached hydrogen (secondary N) is 1. The molecule has 164 valence electrons. The lowest BCUT2D eigenvalue weighted by molar-refractivity contribution is 0.00578. The third kappa shape index (κ3) is 5.75. The predicted octanol–water partition coefficient (Wildman–Crippen LogP) is 3.65. The van der Waals surface area contributed by atoms with E-state index < -0.39 is 24.4 Å². The fourth-order valence-electron chi connectivity index (χ4n) is 2.79. The predicted molar refractivity (Wildman–Crippen MR) is 120 cm³/mol. The molecule has 2 heterocycles. The molecule has 1 fully saturated rings. The Morgan fingerprint density at radius 3 is 2.48 bits per heavy atom. The van der Waals surface area contributed by atoms with Crippen LogP contribution in [0, 0.1) is 0 Å². The molecule has 1 aliphatic heterocycles. The Bertz CT molecular complexity index is 953. The lowest BCUT2D eigenvalue weighted by Crippen LogP contribution is -2.41. The van der Waals surface area contributed by atoms with Gasteiger partial charge in [-0.15, -0.1) is 0 Å². The summed E-state index contributed by atoms with van der Waals surface area (Å²) in [6.07, 6.45) is 2.63. The van der Waals surface area contributed by atoms with Gasteiger partial charge in [0, 0.05) is 6.54 Å². The van der Waals surface area contributed by atoms with E-state index in [1.165, 1.54) is 6.20 Å². The van der Waals surface area contributed by atoms with Crippen LogP contribution in [0.15, 0.2) is 42.0 Å². The molecule has 0 unspecified atom stereocenters. The van der Waals surface area contributed by atoms with Crippen molar-refractivity contribution >= 4 is 36.7 Å². The number of hydrogen-bond acceptors (Lipinski definition) is 7. The number of nitrogens with zero attached hydrogens (tertiary/aromatic N) is 2. The van der Waals surface area contributed by atoms with E-state index in [-0.39, 0.29) is 24.1 Å². The monoisotopic (exact) mass is 444 g/mol. The second-order valence-electron chi connectivity index (χ2n) is 8.19. The molecule has 1 amide bonds. The molecule has 0 aliphatic carbocycles. The van der Waals surface area contributed by atoms with Crippen LogP contribution in [0.5, 0.6) is 0 Å². The maximum absolute atomic E-state index is 12.2. The van der Waals surface area contributed by atoms with Gasteiger partial charge in [0.25, 0.3) is 0 Å². The van der Waals surface area contributed by atoms with Crippen molar-refractivity contribution in [1.29, 1.82) is 0 Å². The van der Waals surface area contributed by atoms with Crippen molar-refractivity contribution in [3.05, 3.63) is 58.4 Å². The summed E-state index contributed by atoms with van der Waals surface area (Å²) in [5.74, 6) is 0.138. The van der Waals surface area contributed by atoms with Crippen molar-refractivity contribution in [2.75, 3.05) is 12.3 Å². The Balaban J connectivity index is 1.73. The minimum atomic E-state index is -0.697. The van der Waals surface area contributed by atoms with Crippen LogP contribution in [0.3, 0.4) is 0 Å². The van der Waals surface area contributed by atoms with E-state index in [9.17, 15) is 4.79 Å². The van der Waals surface area contributed by atoms with Crippen LogP contribution in [-0.4, -0.2) is 40.9 Å². The normalized spacial score (nSPS) is 17.5. The van der Waals surface area contributed by atoms with Gasteiger partial charge in [-0.25, -0.2) is 14.8 Å². The van der Waals surface area contributed by atoms with Crippen LogP contribution >= 0.6 is 11.6 Å². The Kier molecular flexibility index (Phi) is 6.88. The number of nitrogen functional groups attached to an aromatic ring is 1. The number of benzene rings is 1. The highest BCUT2D eigenvalue weighted by Gasteiger charge is 2.52. The van der Waals surface area contributed by atoms with Crippen LogP contribution in [-0.2, 0) is 20.7 Å². The SMILES string of the molecule is CC1(C)OB(C(=Cc2cnc(N)c(Cl)n2)CNC(=O)OCc2ccccc2)OC1(C)C. The third-order valence-corrected chi connectivity index (χ3v) is 5.59. The molecule has 0 radical (unpaired) electrons. The van der Waals surface area contributed by atoms with Gasteiger partial charge in [-0.2, -0.15) is 0 Å². The molecule has 1 aromatic carbocycles. The summed E-state index contributed by atoms with van der Waals surface area (Å²) >= 11 is 5.99. The summed E-state index contributed by atoms with van der Waals surface area (Å²) in [6, 6.07) is 9.43. The molecule has 1 saturated heterocycles. The quantitative estimate of drug-likeness (QED) is 0.654. The number of ether oxygens (including phenoxy) is 1. The lowest BCUT2D eigenvalue weighted by atomic mass is 9.77. The summed E-state index contributed by atoms with van der Waals surface area (Å²) in [6.45, 7) is 8.09.